The molecule has 2 aromatic heterocycles. The van der Waals surface area contributed by atoms with E-state index in [1.54, 1.807) is 18.2 Å². The Balaban J connectivity index is 1.41. The van der Waals surface area contributed by atoms with Gasteiger partial charge in [0.2, 0.25) is 0 Å². The summed E-state index contributed by atoms with van der Waals surface area (Å²) in [4.78, 5) is 24.8. The van der Waals surface area contributed by atoms with Crippen molar-refractivity contribution in [3.8, 4) is 0 Å². The number of esters is 1. The Kier molecular flexibility index (Phi) is 4.53. The number of halogens is 1. The van der Waals surface area contributed by atoms with Crippen molar-refractivity contribution in [3.05, 3.63) is 69.0 Å². The molecule has 0 bridgehead atoms. The number of aromatic nitrogens is 1. The topological polar surface area (TPSA) is 61.4 Å². The number of ether oxygens (including phenoxy) is 1. The highest BCUT2D eigenvalue weighted by atomic mass is 35.5. The van der Waals surface area contributed by atoms with Crippen LogP contribution in [0, 0.1) is 0 Å². The number of oxazole rings is 1. The fourth-order valence-corrected chi connectivity index (χ4v) is 4.21. The van der Waals surface area contributed by atoms with Gasteiger partial charge < -0.3 is 9.15 Å². The summed E-state index contributed by atoms with van der Waals surface area (Å²) in [5.74, 6) is -0.873. The zero-order chi connectivity index (χ0) is 18.1. The third-order valence-electron chi connectivity index (χ3n) is 4.08. The minimum atomic E-state index is -0.480. The first-order valence-corrected chi connectivity index (χ1v) is 9.23. The van der Waals surface area contributed by atoms with Crippen molar-refractivity contribution in [2.75, 3.05) is 0 Å². The minimum Gasteiger partial charge on any atom is -0.460 e. The number of para-hydroxylation sites is 2. The lowest BCUT2D eigenvalue weighted by molar-refractivity contribution is -0.145. The summed E-state index contributed by atoms with van der Waals surface area (Å²) in [6.07, 6.45) is 0.0753. The van der Waals surface area contributed by atoms with Gasteiger partial charge in [-0.15, -0.1) is 11.3 Å². The number of carbonyl (C=O) groups is 1. The summed E-state index contributed by atoms with van der Waals surface area (Å²) in [6.45, 7) is 0.326. The lowest BCUT2D eigenvalue weighted by atomic mass is 10.2. The molecule has 132 valence electrons. The monoisotopic (exact) mass is 387 g/mol. The van der Waals surface area contributed by atoms with Gasteiger partial charge >= 0.3 is 11.7 Å². The van der Waals surface area contributed by atoms with Crippen molar-refractivity contribution in [2.45, 2.75) is 19.6 Å². The standard InChI is InChI=1S/C19H14ClNO4S/c20-18-12-5-1-4-8-15(12)26-16(18)11-24-17(22)9-10-21-13-6-2-3-7-14(13)25-19(21)23/h1-8H,9-11H2. The van der Waals surface area contributed by atoms with Gasteiger partial charge in [0.1, 0.15) is 6.61 Å². The average Bonchev–Trinajstić information content (AvgIpc) is 3.15. The van der Waals surface area contributed by atoms with Crippen LogP contribution in [0.15, 0.2) is 57.7 Å². The molecule has 26 heavy (non-hydrogen) atoms. The van der Waals surface area contributed by atoms with Gasteiger partial charge in [-0.1, -0.05) is 41.9 Å². The Hall–Kier alpha value is -2.57. The summed E-state index contributed by atoms with van der Waals surface area (Å²) in [5, 5.41) is 1.58. The van der Waals surface area contributed by atoms with Gasteiger partial charge in [-0.25, -0.2) is 4.79 Å². The predicted octanol–water partition coefficient (Wildman–Crippen LogP) is 4.60. The second-order valence-electron chi connectivity index (χ2n) is 5.73. The Labute approximate surface area is 157 Å². The van der Waals surface area contributed by atoms with Crippen LogP contribution in [-0.4, -0.2) is 10.5 Å². The summed E-state index contributed by atoms with van der Waals surface area (Å²) < 4.78 is 13.0. The van der Waals surface area contributed by atoms with Crippen LogP contribution in [0.1, 0.15) is 11.3 Å². The molecule has 5 nitrogen and oxygen atoms in total. The van der Waals surface area contributed by atoms with Gasteiger partial charge in [-0.05, 0) is 18.2 Å². The van der Waals surface area contributed by atoms with Crippen LogP contribution in [0.2, 0.25) is 5.02 Å². The van der Waals surface area contributed by atoms with E-state index in [9.17, 15) is 9.59 Å². The zero-order valence-corrected chi connectivity index (χ0v) is 15.2. The fraction of sp³-hybridized carbons (Fsp3) is 0.158. The first-order valence-electron chi connectivity index (χ1n) is 8.03. The van der Waals surface area contributed by atoms with E-state index in [1.807, 2.05) is 30.3 Å². The van der Waals surface area contributed by atoms with E-state index < -0.39 is 11.7 Å². The average molecular weight is 388 g/mol. The van der Waals surface area contributed by atoms with Crippen molar-refractivity contribution in [1.82, 2.24) is 4.57 Å². The maximum Gasteiger partial charge on any atom is 0.419 e. The molecule has 7 heteroatoms. The molecule has 0 unspecified atom stereocenters. The number of thiophene rings is 1. The highest BCUT2D eigenvalue weighted by Gasteiger charge is 2.14. The number of benzene rings is 2. The Morgan fingerprint density at radius 3 is 2.77 bits per heavy atom. The van der Waals surface area contributed by atoms with Crippen LogP contribution in [0.25, 0.3) is 21.2 Å². The predicted molar refractivity (Wildman–Crippen MR) is 102 cm³/mol. The first-order chi connectivity index (χ1) is 12.6. The smallest absolute Gasteiger partial charge is 0.419 e. The molecule has 0 N–H and O–H groups in total. The number of carbonyl (C=O) groups excluding carboxylic acids is 1. The molecule has 0 radical (unpaired) electrons. The molecule has 0 saturated heterocycles. The Morgan fingerprint density at radius 2 is 1.92 bits per heavy atom. The van der Waals surface area contributed by atoms with E-state index in [2.05, 4.69) is 0 Å². The fourth-order valence-electron chi connectivity index (χ4n) is 2.80. The van der Waals surface area contributed by atoms with Gasteiger partial charge in [-0.3, -0.25) is 9.36 Å². The second kappa shape index (κ2) is 6.97. The molecule has 4 rings (SSSR count). The minimum absolute atomic E-state index is 0.0753. The van der Waals surface area contributed by atoms with Gasteiger partial charge in [0, 0.05) is 16.6 Å². The van der Waals surface area contributed by atoms with E-state index in [0.717, 1.165) is 15.0 Å². The van der Waals surface area contributed by atoms with Gasteiger partial charge in [0.25, 0.3) is 0 Å². The SMILES string of the molecule is O=C(CCn1c(=O)oc2ccccc21)OCc1sc2ccccc2c1Cl. The molecule has 4 aromatic rings. The quantitative estimate of drug-likeness (QED) is 0.470. The number of hydrogen-bond donors (Lipinski definition) is 0. The third-order valence-corrected chi connectivity index (χ3v) is 5.77. The van der Waals surface area contributed by atoms with Gasteiger partial charge in [0.05, 0.1) is 21.8 Å². The zero-order valence-electron chi connectivity index (χ0n) is 13.6. The maximum absolute atomic E-state index is 12.1. The van der Waals surface area contributed by atoms with E-state index in [-0.39, 0.29) is 19.6 Å². The molecular weight excluding hydrogens is 374 g/mol. The number of hydrogen-bond acceptors (Lipinski definition) is 5. The third kappa shape index (κ3) is 3.13. The van der Waals surface area contributed by atoms with Crippen LogP contribution in [0.3, 0.4) is 0 Å². The Morgan fingerprint density at radius 1 is 1.15 bits per heavy atom. The van der Waals surface area contributed by atoms with E-state index in [1.165, 1.54) is 15.9 Å². The number of rotatable bonds is 5. The summed E-state index contributed by atoms with van der Waals surface area (Å²) in [6, 6.07) is 14.9. The molecule has 2 heterocycles. The Bertz CT molecular complexity index is 1160. The van der Waals surface area contributed by atoms with Crippen molar-refractivity contribution in [1.29, 1.82) is 0 Å². The van der Waals surface area contributed by atoms with E-state index in [0.29, 0.717) is 16.1 Å². The molecule has 2 aromatic carbocycles. The number of fused-ring (bicyclic) bond motifs is 2. The molecular formula is C19H14ClNO4S. The highest BCUT2D eigenvalue weighted by molar-refractivity contribution is 7.19. The van der Waals surface area contributed by atoms with Crippen molar-refractivity contribution < 1.29 is 13.9 Å². The molecule has 0 spiro atoms. The molecule has 0 aliphatic rings. The van der Waals surface area contributed by atoms with Crippen molar-refractivity contribution in [2.24, 2.45) is 0 Å². The molecule has 0 atom stereocenters. The highest BCUT2D eigenvalue weighted by Crippen LogP contribution is 2.35. The summed E-state index contributed by atoms with van der Waals surface area (Å²) in [7, 11) is 0. The molecule has 0 amide bonds. The van der Waals surface area contributed by atoms with Gasteiger partial charge in [0.15, 0.2) is 5.58 Å². The summed E-state index contributed by atoms with van der Waals surface area (Å²) >= 11 is 7.85. The molecule has 0 saturated carbocycles. The maximum atomic E-state index is 12.1. The molecule has 0 aliphatic heterocycles. The van der Waals surface area contributed by atoms with E-state index in [4.69, 9.17) is 20.8 Å². The van der Waals surface area contributed by atoms with Crippen LogP contribution in [0.4, 0.5) is 0 Å². The second-order valence-corrected chi connectivity index (χ2v) is 7.25. The van der Waals surface area contributed by atoms with E-state index >= 15 is 0 Å². The first kappa shape index (κ1) is 16.9. The largest absolute Gasteiger partial charge is 0.460 e. The van der Waals surface area contributed by atoms with Crippen LogP contribution >= 0.6 is 22.9 Å². The van der Waals surface area contributed by atoms with Crippen LogP contribution in [-0.2, 0) is 22.7 Å². The van der Waals surface area contributed by atoms with Gasteiger partial charge in [-0.2, -0.15) is 0 Å². The van der Waals surface area contributed by atoms with Crippen LogP contribution < -0.4 is 5.76 Å². The van der Waals surface area contributed by atoms with Crippen molar-refractivity contribution in [3.63, 3.8) is 0 Å². The lowest BCUT2D eigenvalue weighted by Crippen LogP contribution is -2.17. The van der Waals surface area contributed by atoms with Crippen molar-refractivity contribution >= 4 is 50.1 Å². The molecule has 0 fully saturated rings. The lowest BCUT2D eigenvalue weighted by Gasteiger charge is -2.04. The van der Waals surface area contributed by atoms with Crippen LogP contribution in [0.5, 0.6) is 0 Å². The normalized spacial score (nSPS) is 11.3. The summed E-state index contributed by atoms with van der Waals surface area (Å²) in [5.41, 5.74) is 1.17. The molecule has 0 aliphatic carbocycles. The number of aryl methyl sites for hydroxylation is 1. The number of nitrogens with zero attached hydrogens (tertiary/aromatic N) is 1.